The monoisotopic (exact) mass is 567 g/mol. The zero-order valence-corrected chi connectivity index (χ0v) is 22.9. The molecule has 194 valence electrons. The number of nitrogens with zero attached hydrogens (tertiary/aromatic N) is 1. The van der Waals surface area contributed by atoms with Crippen molar-refractivity contribution in [2.45, 2.75) is 39.0 Å². The number of benzene rings is 2. The second kappa shape index (κ2) is 11.4. The highest BCUT2D eigenvalue weighted by molar-refractivity contribution is 9.10. The molecule has 1 aliphatic heterocycles. The number of Topliss-reactive ketones (excluding diaryl/α,β-unsaturated/α-hetero) is 1. The summed E-state index contributed by atoms with van der Waals surface area (Å²) in [5, 5.41) is 0. The van der Waals surface area contributed by atoms with Gasteiger partial charge in [0.2, 0.25) is 0 Å². The molecule has 0 radical (unpaired) electrons. The summed E-state index contributed by atoms with van der Waals surface area (Å²) in [6, 6.07) is 14.9. The van der Waals surface area contributed by atoms with Crippen LogP contribution in [0.15, 0.2) is 69.3 Å². The standard InChI is InChI=1S/C29H30BrNO6/c1-5-36-28(33)23-16(3)31-21-15-20(19-9-7-8-10-22(19)35-4)25(29(34)37-6-2)27(32)26(21)24(23)17-11-13-18(30)14-12-17/h7-14,20,24-26H,5-6,15H2,1-4H3/t20-,24-,25+,26?/m1/s1. The maximum absolute atomic E-state index is 14.3. The molecule has 2 aliphatic rings. The lowest BCUT2D eigenvalue weighted by molar-refractivity contribution is -0.153. The molecule has 8 heteroatoms. The van der Waals surface area contributed by atoms with Gasteiger partial charge in [0.25, 0.3) is 0 Å². The van der Waals surface area contributed by atoms with Crippen molar-refractivity contribution in [1.82, 2.24) is 0 Å². The van der Waals surface area contributed by atoms with Crippen LogP contribution in [0.5, 0.6) is 5.75 Å². The predicted octanol–water partition coefficient (Wildman–Crippen LogP) is 5.39. The molecule has 7 nitrogen and oxygen atoms in total. The third-order valence-corrected chi connectivity index (χ3v) is 7.48. The largest absolute Gasteiger partial charge is 0.496 e. The van der Waals surface area contributed by atoms with E-state index in [1.165, 1.54) is 0 Å². The number of aliphatic imine (C=N–C) groups is 1. The van der Waals surface area contributed by atoms with Crippen LogP contribution in [0.4, 0.5) is 0 Å². The molecule has 4 rings (SSSR count). The molecule has 1 heterocycles. The second-order valence-corrected chi connectivity index (χ2v) is 9.93. The van der Waals surface area contributed by atoms with E-state index in [-0.39, 0.29) is 19.0 Å². The summed E-state index contributed by atoms with van der Waals surface area (Å²) in [6.45, 7) is 5.56. The number of halogens is 1. The lowest BCUT2D eigenvalue weighted by Crippen LogP contribution is -2.48. The van der Waals surface area contributed by atoms with Gasteiger partial charge in [0.05, 0.1) is 31.8 Å². The molecule has 0 saturated heterocycles. The minimum atomic E-state index is -1.07. The Morgan fingerprint density at radius 3 is 2.32 bits per heavy atom. The van der Waals surface area contributed by atoms with E-state index in [1.54, 1.807) is 27.9 Å². The zero-order valence-electron chi connectivity index (χ0n) is 21.3. The Morgan fingerprint density at radius 2 is 1.68 bits per heavy atom. The van der Waals surface area contributed by atoms with Gasteiger partial charge in [-0.15, -0.1) is 0 Å². The van der Waals surface area contributed by atoms with Gasteiger partial charge < -0.3 is 14.2 Å². The van der Waals surface area contributed by atoms with Crippen LogP contribution in [0.3, 0.4) is 0 Å². The van der Waals surface area contributed by atoms with Crippen LogP contribution in [0.1, 0.15) is 50.2 Å². The number of carbonyl (C=O) groups excluding carboxylic acids is 3. The van der Waals surface area contributed by atoms with Crippen molar-refractivity contribution < 1.29 is 28.6 Å². The molecule has 4 atom stereocenters. The fourth-order valence-electron chi connectivity index (χ4n) is 5.45. The Balaban J connectivity index is 1.91. The minimum Gasteiger partial charge on any atom is -0.496 e. The highest BCUT2D eigenvalue weighted by Gasteiger charge is 2.53. The topological polar surface area (TPSA) is 91.3 Å². The molecule has 1 aliphatic carbocycles. The smallest absolute Gasteiger partial charge is 0.336 e. The van der Waals surface area contributed by atoms with E-state index in [2.05, 4.69) is 15.9 Å². The first-order valence-corrected chi connectivity index (χ1v) is 13.2. The molecule has 0 spiro atoms. The Morgan fingerprint density at radius 1 is 1.00 bits per heavy atom. The molecule has 0 N–H and O–H groups in total. The van der Waals surface area contributed by atoms with Crippen molar-refractivity contribution in [1.29, 1.82) is 0 Å². The first-order chi connectivity index (χ1) is 17.8. The van der Waals surface area contributed by atoms with Crippen LogP contribution in [-0.4, -0.2) is 43.8 Å². The predicted molar refractivity (Wildman–Crippen MR) is 143 cm³/mol. The number of ketones is 1. The van der Waals surface area contributed by atoms with Gasteiger partial charge in [-0.05, 0) is 56.5 Å². The van der Waals surface area contributed by atoms with Crippen molar-refractivity contribution >= 4 is 39.4 Å². The van der Waals surface area contributed by atoms with Crippen LogP contribution in [0.2, 0.25) is 0 Å². The number of ether oxygens (including phenoxy) is 3. The number of hydrogen-bond acceptors (Lipinski definition) is 7. The molecule has 37 heavy (non-hydrogen) atoms. The first kappa shape index (κ1) is 26.8. The van der Waals surface area contributed by atoms with Crippen LogP contribution < -0.4 is 4.74 Å². The summed E-state index contributed by atoms with van der Waals surface area (Å²) in [4.78, 5) is 45.6. The van der Waals surface area contributed by atoms with Crippen LogP contribution in [0, 0.1) is 11.8 Å². The van der Waals surface area contributed by atoms with E-state index in [0.717, 1.165) is 15.6 Å². The number of methoxy groups -OCH3 is 1. The fourth-order valence-corrected chi connectivity index (χ4v) is 5.72. The fraction of sp³-hybridized carbons (Fsp3) is 0.379. The summed E-state index contributed by atoms with van der Waals surface area (Å²) in [5.74, 6) is -3.84. The van der Waals surface area contributed by atoms with Crippen molar-refractivity contribution in [3.05, 3.63) is 75.4 Å². The van der Waals surface area contributed by atoms with E-state index < -0.39 is 35.6 Å². The lowest BCUT2D eigenvalue weighted by atomic mass is 9.62. The molecule has 2 aromatic carbocycles. The summed E-state index contributed by atoms with van der Waals surface area (Å²) < 4.78 is 17.2. The van der Waals surface area contributed by atoms with Crippen molar-refractivity contribution in [3.63, 3.8) is 0 Å². The number of esters is 2. The first-order valence-electron chi connectivity index (χ1n) is 12.4. The Labute approximate surface area is 225 Å². The number of fused-ring (bicyclic) bond motifs is 1. The summed E-state index contributed by atoms with van der Waals surface area (Å²) in [5.41, 5.74) is 3.01. The molecular formula is C29H30BrNO6. The summed E-state index contributed by atoms with van der Waals surface area (Å²) in [6.07, 6.45) is 0.348. The zero-order chi connectivity index (χ0) is 26.7. The van der Waals surface area contributed by atoms with Crippen molar-refractivity contribution in [3.8, 4) is 5.75 Å². The number of carbonyl (C=O) groups is 3. The van der Waals surface area contributed by atoms with Gasteiger partial charge in [-0.1, -0.05) is 46.3 Å². The van der Waals surface area contributed by atoms with Gasteiger partial charge in [-0.25, -0.2) is 4.79 Å². The molecule has 1 fully saturated rings. The second-order valence-electron chi connectivity index (χ2n) is 9.01. The van der Waals surface area contributed by atoms with Gasteiger partial charge in [0, 0.05) is 27.7 Å². The molecule has 0 bridgehead atoms. The number of rotatable bonds is 7. The Kier molecular flexibility index (Phi) is 8.27. The van der Waals surface area contributed by atoms with Gasteiger partial charge >= 0.3 is 11.9 Å². The van der Waals surface area contributed by atoms with E-state index >= 15 is 0 Å². The van der Waals surface area contributed by atoms with Gasteiger partial charge in [0.1, 0.15) is 11.7 Å². The number of para-hydroxylation sites is 1. The Hall–Kier alpha value is -3.26. The maximum atomic E-state index is 14.3. The highest BCUT2D eigenvalue weighted by Crippen LogP contribution is 2.49. The van der Waals surface area contributed by atoms with Crippen LogP contribution in [-0.2, 0) is 23.9 Å². The van der Waals surface area contributed by atoms with Crippen LogP contribution in [0.25, 0.3) is 0 Å². The van der Waals surface area contributed by atoms with E-state index in [9.17, 15) is 14.4 Å². The average molecular weight is 568 g/mol. The van der Waals surface area contributed by atoms with Crippen molar-refractivity contribution in [2.75, 3.05) is 20.3 Å². The molecule has 2 aromatic rings. The average Bonchev–Trinajstić information content (AvgIpc) is 2.88. The molecular weight excluding hydrogens is 538 g/mol. The quantitative estimate of drug-likeness (QED) is 0.329. The Bertz CT molecular complexity index is 1270. The number of allylic oxidation sites excluding steroid dienone is 1. The number of hydrogen-bond donors (Lipinski definition) is 0. The lowest BCUT2D eigenvalue weighted by Gasteiger charge is -2.41. The highest BCUT2D eigenvalue weighted by atomic mass is 79.9. The molecule has 1 unspecified atom stereocenters. The SMILES string of the molecule is CCOC(=O)C1=C(C)N=C2C[C@H](c3ccccc3OC)[C@H](C(=O)OCC)C(=O)C2[C@@H]1c1ccc(Br)cc1. The van der Waals surface area contributed by atoms with E-state index in [4.69, 9.17) is 19.2 Å². The van der Waals surface area contributed by atoms with Crippen LogP contribution >= 0.6 is 15.9 Å². The minimum absolute atomic E-state index is 0.149. The van der Waals surface area contributed by atoms with E-state index in [0.29, 0.717) is 29.2 Å². The van der Waals surface area contributed by atoms with Gasteiger partial charge in [0.15, 0.2) is 5.78 Å². The molecule has 1 saturated carbocycles. The molecule has 0 aromatic heterocycles. The van der Waals surface area contributed by atoms with E-state index in [1.807, 2.05) is 48.5 Å². The normalized spacial score (nSPS) is 23.2. The summed E-state index contributed by atoms with van der Waals surface area (Å²) >= 11 is 3.46. The van der Waals surface area contributed by atoms with Gasteiger partial charge in [-0.2, -0.15) is 0 Å². The third kappa shape index (κ3) is 5.12. The molecule has 0 amide bonds. The summed E-state index contributed by atoms with van der Waals surface area (Å²) in [7, 11) is 1.56. The third-order valence-electron chi connectivity index (χ3n) is 6.95. The van der Waals surface area contributed by atoms with Crippen molar-refractivity contribution in [2.24, 2.45) is 16.8 Å². The van der Waals surface area contributed by atoms with Gasteiger partial charge in [-0.3, -0.25) is 14.6 Å². The maximum Gasteiger partial charge on any atom is 0.336 e.